The molecule has 24 heavy (non-hydrogen) atoms. The molecule has 0 N–H and O–H groups in total. The first-order chi connectivity index (χ1) is 11.7. The third kappa shape index (κ3) is 8.74. The lowest BCUT2D eigenvalue weighted by Gasteiger charge is -2.31. The molecule has 142 valence electrons. The molecule has 0 heterocycles. The predicted molar refractivity (Wildman–Crippen MR) is 111 cm³/mol. The molecule has 0 saturated heterocycles. The van der Waals surface area contributed by atoms with Gasteiger partial charge in [0.25, 0.3) is 0 Å². The maximum absolute atomic E-state index is 6.78. The zero-order valence-electron chi connectivity index (χ0n) is 17.2. The minimum absolute atomic E-state index is 0.683. The highest BCUT2D eigenvalue weighted by molar-refractivity contribution is 6.73. The summed E-state index contributed by atoms with van der Waals surface area (Å²) >= 11 is 0. The summed E-state index contributed by atoms with van der Waals surface area (Å²) < 4.78 is 6.78. The van der Waals surface area contributed by atoms with Crippen LogP contribution in [0.5, 0.6) is 0 Å². The van der Waals surface area contributed by atoms with Crippen LogP contribution in [0.15, 0.2) is 11.8 Å². The quantitative estimate of drug-likeness (QED) is 0.453. The van der Waals surface area contributed by atoms with Crippen molar-refractivity contribution in [2.75, 3.05) is 0 Å². The van der Waals surface area contributed by atoms with Gasteiger partial charge in [-0.1, -0.05) is 85.5 Å². The normalized spacial score (nSPS) is 25.2. The summed E-state index contributed by atoms with van der Waals surface area (Å²) in [6, 6.07) is 3.77. The minimum atomic E-state index is -1.52. The van der Waals surface area contributed by atoms with Gasteiger partial charge in [-0.3, -0.25) is 0 Å². The van der Waals surface area contributed by atoms with Gasteiger partial charge in [0, 0.05) is 6.42 Å². The van der Waals surface area contributed by atoms with E-state index in [1.807, 2.05) is 0 Å². The molecule has 0 radical (unpaired) electrons. The Morgan fingerprint density at radius 2 is 1.25 bits per heavy atom. The molecule has 0 saturated carbocycles. The van der Waals surface area contributed by atoms with Crippen LogP contribution in [0.4, 0.5) is 0 Å². The Balaban J connectivity index is 2.70. The van der Waals surface area contributed by atoms with Crippen molar-refractivity contribution in [3.05, 3.63) is 11.8 Å². The zero-order chi connectivity index (χ0) is 17.7. The number of hydrogen-bond donors (Lipinski definition) is 0. The van der Waals surface area contributed by atoms with Gasteiger partial charge in [0.05, 0.1) is 5.76 Å². The van der Waals surface area contributed by atoms with Gasteiger partial charge in [-0.2, -0.15) is 0 Å². The fraction of sp³-hybridized carbons (Fsp3) is 0.909. The third-order valence-corrected chi connectivity index (χ3v) is 10.6. The average Bonchev–Trinajstić information content (AvgIpc) is 2.60. The number of allylic oxidation sites excluding steroid dienone is 2. The fourth-order valence-corrected chi connectivity index (χ4v) is 6.65. The van der Waals surface area contributed by atoms with Crippen LogP contribution in [0, 0.1) is 5.92 Å². The standard InChI is InChI=1S/C22H44OSi/c1-5-24(6-2,7-3)23-22-19-17-15-13-11-9-8-10-12-14-16-18-21(4)20-22/h20-21H,5-19H2,1-4H3/b22-20+. The highest BCUT2D eigenvalue weighted by Crippen LogP contribution is 2.28. The molecule has 0 aromatic carbocycles. The lowest BCUT2D eigenvalue weighted by molar-refractivity contribution is 0.369. The molecular formula is C22H44OSi. The second kappa shape index (κ2) is 13.0. The van der Waals surface area contributed by atoms with E-state index in [-0.39, 0.29) is 0 Å². The molecule has 1 atom stereocenters. The van der Waals surface area contributed by atoms with Gasteiger partial charge in [0.2, 0.25) is 8.32 Å². The van der Waals surface area contributed by atoms with E-state index in [2.05, 4.69) is 33.8 Å². The van der Waals surface area contributed by atoms with E-state index in [9.17, 15) is 0 Å². The molecule has 0 amide bonds. The van der Waals surface area contributed by atoms with E-state index < -0.39 is 8.32 Å². The van der Waals surface area contributed by atoms with Gasteiger partial charge >= 0.3 is 0 Å². The topological polar surface area (TPSA) is 9.23 Å². The lowest BCUT2D eigenvalue weighted by Crippen LogP contribution is -2.35. The van der Waals surface area contributed by atoms with Crippen LogP contribution in [0.1, 0.15) is 105 Å². The van der Waals surface area contributed by atoms with Crippen molar-refractivity contribution in [1.82, 2.24) is 0 Å². The van der Waals surface area contributed by atoms with Crippen LogP contribution < -0.4 is 0 Å². The Kier molecular flexibility index (Phi) is 11.8. The van der Waals surface area contributed by atoms with Crippen LogP contribution in [-0.4, -0.2) is 8.32 Å². The second-order valence-electron chi connectivity index (χ2n) is 8.03. The highest BCUT2D eigenvalue weighted by Gasteiger charge is 2.31. The molecule has 1 nitrogen and oxygen atoms in total. The summed E-state index contributed by atoms with van der Waals surface area (Å²) in [6.45, 7) is 9.43. The Bertz CT molecular complexity index is 325. The van der Waals surface area contributed by atoms with Gasteiger partial charge < -0.3 is 4.43 Å². The van der Waals surface area contributed by atoms with Gasteiger partial charge in [0.1, 0.15) is 0 Å². The zero-order valence-corrected chi connectivity index (χ0v) is 18.2. The molecule has 0 aromatic heterocycles. The van der Waals surface area contributed by atoms with Crippen molar-refractivity contribution in [2.45, 2.75) is 123 Å². The predicted octanol–water partition coefficient (Wildman–Crippen LogP) is 8.22. The van der Waals surface area contributed by atoms with Crippen molar-refractivity contribution >= 4 is 8.32 Å². The molecule has 0 bridgehead atoms. The van der Waals surface area contributed by atoms with Crippen LogP contribution in [0.2, 0.25) is 18.1 Å². The van der Waals surface area contributed by atoms with Crippen molar-refractivity contribution in [2.24, 2.45) is 5.92 Å². The van der Waals surface area contributed by atoms with Gasteiger partial charge in [0.15, 0.2) is 0 Å². The first kappa shape index (κ1) is 21.8. The van der Waals surface area contributed by atoms with E-state index in [4.69, 9.17) is 4.43 Å². The molecule has 0 aromatic rings. The van der Waals surface area contributed by atoms with Gasteiger partial charge in [-0.25, -0.2) is 0 Å². The molecule has 0 aliphatic heterocycles. The van der Waals surface area contributed by atoms with Crippen LogP contribution in [-0.2, 0) is 4.43 Å². The molecule has 0 fully saturated rings. The smallest absolute Gasteiger partial charge is 0.250 e. The van der Waals surface area contributed by atoms with E-state index in [0.29, 0.717) is 5.92 Å². The summed E-state index contributed by atoms with van der Waals surface area (Å²) in [5, 5.41) is 0. The highest BCUT2D eigenvalue weighted by atomic mass is 28.4. The monoisotopic (exact) mass is 352 g/mol. The van der Waals surface area contributed by atoms with Crippen molar-refractivity contribution in [3.8, 4) is 0 Å². The third-order valence-electron chi connectivity index (χ3n) is 6.08. The Morgan fingerprint density at radius 1 is 0.792 bits per heavy atom. The minimum Gasteiger partial charge on any atom is -0.547 e. The second-order valence-corrected chi connectivity index (χ2v) is 12.7. The summed E-state index contributed by atoms with van der Waals surface area (Å²) in [5.74, 6) is 2.04. The Hall–Kier alpha value is -0.243. The average molecular weight is 353 g/mol. The first-order valence-electron chi connectivity index (χ1n) is 11.1. The van der Waals surface area contributed by atoms with E-state index in [0.717, 1.165) is 0 Å². The fourth-order valence-electron chi connectivity index (χ4n) is 3.99. The van der Waals surface area contributed by atoms with Crippen LogP contribution in [0.25, 0.3) is 0 Å². The molecule has 0 spiro atoms. The number of rotatable bonds is 5. The molecular weight excluding hydrogens is 308 g/mol. The molecule has 1 aliphatic carbocycles. The van der Waals surface area contributed by atoms with Crippen molar-refractivity contribution in [3.63, 3.8) is 0 Å². The first-order valence-corrected chi connectivity index (χ1v) is 13.6. The SMILES string of the molecule is CC[Si](CC)(CC)O/C1=C/C(C)CCCCCCCCCCCC1. The molecule has 1 rings (SSSR count). The summed E-state index contributed by atoms with van der Waals surface area (Å²) in [7, 11) is -1.52. The van der Waals surface area contributed by atoms with Gasteiger partial charge in [-0.05, 0) is 43.0 Å². The molecule has 1 aliphatic rings. The van der Waals surface area contributed by atoms with Crippen LogP contribution in [0.3, 0.4) is 0 Å². The lowest BCUT2D eigenvalue weighted by atomic mass is 10.0. The van der Waals surface area contributed by atoms with E-state index in [1.54, 1.807) is 0 Å². The summed E-state index contributed by atoms with van der Waals surface area (Å²) in [6.07, 6.45) is 19.2. The largest absolute Gasteiger partial charge is 0.547 e. The summed E-state index contributed by atoms with van der Waals surface area (Å²) in [5.41, 5.74) is 0. The Morgan fingerprint density at radius 3 is 1.75 bits per heavy atom. The molecule has 1 unspecified atom stereocenters. The number of hydrogen-bond acceptors (Lipinski definition) is 1. The van der Waals surface area contributed by atoms with Crippen molar-refractivity contribution in [1.29, 1.82) is 0 Å². The van der Waals surface area contributed by atoms with E-state index >= 15 is 0 Å². The maximum Gasteiger partial charge on any atom is 0.250 e. The van der Waals surface area contributed by atoms with Crippen molar-refractivity contribution < 1.29 is 4.43 Å². The Labute approximate surface area is 153 Å². The van der Waals surface area contributed by atoms with Crippen LogP contribution >= 0.6 is 0 Å². The van der Waals surface area contributed by atoms with E-state index in [1.165, 1.54) is 101 Å². The summed E-state index contributed by atoms with van der Waals surface area (Å²) in [4.78, 5) is 0. The van der Waals surface area contributed by atoms with Gasteiger partial charge in [-0.15, -0.1) is 0 Å². The molecule has 2 heteroatoms. The maximum atomic E-state index is 6.78.